The van der Waals surface area contributed by atoms with E-state index < -0.39 is 29.1 Å². The third-order valence-corrected chi connectivity index (χ3v) is 6.32. The Morgan fingerprint density at radius 2 is 1.96 bits per heavy atom. The Kier molecular flexibility index (Phi) is 3.82. The number of esters is 2. The minimum Gasteiger partial charge on any atom is -0.459 e. The molecule has 24 heavy (non-hydrogen) atoms. The zero-order chi connectivity index (χ0) is 17.9. The first kappa shape index (κ1) is 17.4. The van der Waals surface area contributed by atoms with E-state index in [1.165, 1.54) is 20.8 Å². The Labute approximate surface area is 141 Å². The summed E-state index contributed by atoms with van der Waals surface area (Å²) in [6.45, 7) is 5.59. The molecule has 3 heterocycles. The number of likely N-dealkylation sites (N-methyl/N-ethyl adjacent to an activating group) is 1. The molecule has 0 amide bonds. The summed E-state index contributed by atoms with van der Waals surface area (Å²) in [6, 6.07) is -0.0399. The first-order valence-corrected chi connectivity index (χ1v) is 8.36. The molecule has 6 atom stereocenters. The van der Waals surface area contributed by atoms with Crippen molar-refractivity contribution < 1.29 is 33.8 Å². The number of aliphatic hydroxyl groups is 2. The van der Waals surface area contributed by atoms with Crippen molar-refractivity contribution in [2.45, 2.75) is 50.5 Å². The molecule has 2 fully saturated rings. The number of carbonyl (C=O) groups is 2. The summed E-state index contributed by atoms with van der Waals surface area (Å²) in [5.41, 5.74) is -3.32. The lowest BCUT2D eigenvalue weighted by molar-refractivity contribution is -0.906. The van der Waals surface area contributed by atoms with Gasteiger partial charge in [0.05, 0.1) is 26.1 Å². The van der Waals surface area contributed by atoms with E-state index in [4.69, 9.17) is 9.47 Å². The predicted molar refractivity (Wildman–Crippen MR) is 83.7 cm³/mol. The van der Waals surface area contributed by atoms with E-state index in [0.717, 1.165) is 29.6 Å². The van der Waals surface area contributed by atoms with Gasteiger partial charge in [-0.05, 0) is 26.8 Å². The minimum absolute atomic E-state index is 0.0337. The van der Waals surface area contributed by atoms with Gasteiger partial charge in [0.25, 0.3) is 0 Å². The Balaban J connectivity index is 1.99. The van der Waals surface area contributed by atoms with Gasteiger partial charge >= 0.3 is 11.9 Å². The van der Waals surface area contributed by atoms with Crippen LogP contribution in [0.4, 0.5) is 0 Å². The van der Waals surface area contributed by atoms with Crippen LogP contribution in [0.25, 0.3) is 0 Å². The molecule has 0 aromatic heterocycles. The van der Waals surface area contributed by atoms with Crippen molar-refractivity contribution in [1.82, 2.24) is 0 Å². The predicted octanol–water partition coefficient (Wildman–Crippen LogP) is -0.248. The third-order valence-electron chi connectivity index (χ3n) is 6.32. The molecule has 2 N–H and O–H groups in total. The van der Waals surface area contributed by atoms with Gasteiger partial charge in [0.1, 0.15) is 12.2 Å². The number of hydrogen-bond donors (Lipinski definition) is 2. The lowest BCUT2D eigenvalue weighted by Gasteiger charge is -2.39. The molecule has 3 rings (SSSR count). The van der Waals surface area contributed by atoms with Crippen LogP contribution in [0.1, 0.15) is 27.2 Å². The molecular weight excluding hydrogens is 314 g/mol. The third kappa shape index (κ3) is 2.29. The lowest BCUT2D eigenvalue weighted by atomic mass is 9.76. The molecule has 7 heteroatoms. The normalized spacial score (nSPS) is 48.9. The van der Waals surface area contributed by atoms with Gasteiger partial charge in [-0.2, -0.15) is 0 Å². The molecule has 0 saturated carbocycles. The second kappa shape index (κ2) is 5.28. The van der Waals surface area contributed by atoms with Gasteiger partial charge in [-0.25, -0.2) is 4.79 Å². The minimum atomic E-state index is -2.22. The molecule has 3 aliphatic rings. The van der Waals surface area contributed by atoms with Crippen molar-refractivity contribution in [1.29, 1.82) is 0 Å². The van der Waals surface area contributed by atoms with Crippen molar-refractivity contribution in [3.05, 3.63) is 11.6 Å². The van der Waals surface area contributed by atoms with Crippen molar-refractivity contribution >= 4 is 11.9 Å². The van der Waals surface area contributed by atoms with Crippen LogP contribution in [-0.2, 0) is 19.1 Å². The highest BCUT2D eigenvalue weighted by molar-refractivity contribution is 5.83. The molecular formula is C17H26NO6+. The highest BCUT2D eigenvalue weighted by atomic mass is 16.6. The summed E-state index contributed by atoms with van der Waals surface area (Å²) in [6.07, 6.45) is 2.44. The zero-order valence-corrected chi connectivity index (χ0v) is 14.6. The molecule has 0 spiro atoms. The average Bonchev–Trinajstić information content (AvgIpc) is 2.99. The highest BCUT2D eigenvalue weighted by Gasteiger charge is 2.58. The van der Waals surface area contributed by atoms with Crippen molar-refractivity contribution in [3.63, 3.8) is 0 Å². The fourth-order valence-corrected chi connectivity index (χ4v) is 4.08. The first-order valence-electron chi connectivity index (χ1n) is 8.36. The topological polar surface area (TPSA) is 93.1 Å². The second-order valence-electron chi connectivity index (χ2n) is 7.89. The van der Waals surface area contributed by atoms with Gasteiger partial charge in [0.15, 0.2) is 17.7 Å². The second-order valence-corrected chi connectivity index (χ2v) is 7.89. The summed E-state index contributed by atoms with van der Waals surface area (Å²) in [5, 5.41) is 21.2. The Morgan fingerprint density at radius 1 is 1.29 bits per heavy atom. The van der Waals surface area contributed by atoms with E-state index in [9.17, 15) is 19.8 Å². The summed E-state index contributed by atoms with van der Waals surface area (Å²) in [7, 11) is 2.10. The first-order chi connectivity index (χ1) is 11.0. The van der Waals surface area contributed by atoms with E-state index in [0.29, 0.717) is 0 Å². The Bertz CT molecular complexity index is 610. The molecule has 3 aliphatic heterocycles. The van der Waals surface area contributed by atoms with Gasteiger partial charge in [-0.3, -0.25) is 4.79 Å². The fraction of sp³-hybridized carbons (Fsp3) is 0.765. The number of carbonyl (C=O) groups excluding carboxylic acids is 2. The van der Waals surface area contributed by atoms with Crippen LogP contribution in [0.2, 0.25) is 0 Å². The number of nitrogens with zero attached hydrogens (tertiary/aromatic N) is 1. The smallest absolute Gasteiger partial charge is 0.341 e. The zero-order valence-electron chi connectivity index (χ0n) is 14.6. The van der Waals surface area contributed by atoms with Gasteiger partial charge in [-0.1, -0.05) is 0 Å². The molecule has 0 aromatic carbocycles. The monoisotopic (exact) mass is 340 g/mol. The fourth-order valence-electron chi connectivity index (χ4n) is 4.08. The molecule has 1 unspecified atom stereocenters. The van der Waals surface area contributed by atoms with E-state index >= 15 is 0 Å². The summed E-state index contributed by atoms with van der Waals surface area (Å²) < 4.78 is 11.7. The Morgan fingerprint density at radius 3 is 2.62 bits per heavy atom. The maximum absolute atomic E-state index is 12.6. The van der Waals surface area contributed by atoms with Crippen LogP contribution in [0.5, 0.6) is 0 Å². The van der Waals surface area contributed by atoms with Crippen LogP contribution >= 0.6 is 0 Å². The summed E-state index contributed by atoms with van der Waals surface area (Å²) in [4.78, 5) is 24.9. The summed E-state index contributed by atoms with van der Waals surface area (Å²) >= 11 is 0. The SMILES string of the molecule is C[C@H]1C(=O)O[C@@H]2CC[N+]3(C)CC=C(COC(=O)[C@@](C)(O)[C@@]1(C)O)[C@H]23. The number of ether oxygens (including phenoxy) is 2. The van der Waals surface area contributed by atoms with Crippen LogP contribution < -0.4 is 0 Å². The average molecular weight is 340 g/mol. The Hall–Kier alpha value is -1.44. The number of cyclic esters (lactones) is 1. The van der Waals surface area contributed by atoms with E-state index in [2.05, 4.69) is 7.05 Å². The lowest BCUT2D eigenvalue weighted by Crippen LogP contribution is -2.61. The van der Waals surface area contributed by atoms with Crippen LogP contribution in [-0.4, -0.2) is 76.7 Å². The van der Waals surface area contributed by atoms with Crippen LogP contribution in [0.15, 0.2) is 11.6 Å². The van der Waals surface area contributed by atoms with Crippen LogP contribution in [0, 0.1) is 5.92 Å². The highest BCUT2D eigenvalue weighted by Crippen LogP contribution is 2.39. The number of quaternary nitrogens is 1. The van der Waals surface area contributed by atoms with Gasteiger partial charge in [0, 0.05) is 12.0 Å². The molecule has 7 nitrogen and oxygen atoms in total. The van der Waals surface area contributed by atoms with E-state index in [-0.39, 0.29) is 18.8 Å². The van der Waals surface area contributed by atoms with Crippen molar-refractivity contribution in [3.8, 4) is 0 Å². The molecule has 134 valence electrons. The molecule has 0 radical (unpaired) electrons. The number of rotatable bonds is 0. The molecule has 2 saturated heterocycles. The van der Waals surface area contributed by atoms with Crippen molar-refractivity contribution in [2.24, 2.45) is 5.92 Å². The van der Waals surface area contributed by atoms with E-state index in [1.54, 1.807) is 0 Å². The standard InChI is InChI=1S/C17H26NO6/c1-10-14(19)24-12-6-8-18(4)7-5-11(13(12)18)9-23-15(20)17(3,22)16(10,2)21/h5,10,12-13,21-22H,6-9H2,1-4H3/q+1/t10-,12+,13+,16-,17+,18?/m0/s1. The molecule has 0 bridgehead atoms. The van der Waals surface area contributed by atoms with Gasteiger partial charge in [0.2, 0.25) is 0 Å². The molecule has 0 aromatic rings. The van der Waals surface area contributed by atoms with E-state index in [1.807, 2.05) is 6.08 Å². The van der Waals surface area contributed by atoms with Gasteiger partial charge in [-0.15, -0.1) is 0 Å². The molecule has 0 aliphatic carbocycles. The summed E-state index contributed by atoms with van der Waals surface area (Å²) in [5.74, 6) is -2.63. The van der Waals surface area contributed by atoms with Crippen molar-refractivity contribution in [2.75, 3.05) is 26.7 Å². The largest absolute Gasteiger partial charge is 0.459 e. The quantitative estimate of drug-likeness (QED) is 0.359. The maximum Gasteiger partial charge on any atom is 0.341 e. The number of hydrogen-bond acceptors (Lipinski definition) is 6. The van der Waals surface area contributed by atoms with Gasteiger partial charge < -0.3 is 24.2 Å². The van der Waals surface area contributed by atoms with Crippen LogP contribution in [0.3, 0.4) is 0 Å². The maximum atomic E-state index is 12.6.